The second-order valence-electron chi connectivity index (χ2n) is 9.82. The fourth-order valence-electron chi connectivity index (χ4n) is 5.72. The number of fused-ring (bicyclic) bond motifs is 3. The molecule has 2 amide bonds. The summed E-state index contributed by atoms with van der Waals surface area (Å²) in [5.41, 5.74) is 1.79. The van der Waals surface area contributed by atoms with Crippen LogP contribution in [0.25, 0.3) is 0 Å². The van der Waals surface area contributed by atoms with Gasteiger partial charge in [-0.05, 0) is 50.9 Å². The van der Waals surface area contributed by atoms with Gasteiger partial charge >= 0.3 is 0 Å². The van der Waals surface area contributed by atoms with E-state index in [2.05, 4.69) is 21.2 Å². The topological polar surface area (TPSA) is 190 Å². The Labute approximate surface area is 220 Å². The summed E-state index contributed by atoms with van der Waals surface area (Å²) in [5.74, 6) is -7.62. The van der Waals surface area contributed by atoms with E-state index in [1.807, 2.05) is 0 Å². The second-order valence-corrected chi connectivity index (χ2v) is 10.9. The number of aliphatic hydroxyl groups is 3. The number of Topliss-reactive ketones (excluding diaryl/α,β-unsaturated/α-hetero) is 2. The number of allylic oxidation sites excluding steroid dienone is 1. The lowest BCUT2D eigenvalue weighted by Gasteiger charge is -2.50. The molecule has 3 unspecified atom stereocenters. The van der Waals surface area contributed by atoms with Crippen molar-refractivity contribution in [2.75, 3.05) is 19.4 Å². The maximum Gasteiger partial charge on any atom is 0.255 e. The third-order valence-electron chi connectivity index (χ3n) is 7.50. The maximum atomic E-state index is 13.6. The monoisotopic (exact) mass is 577 g/mol. The first kappa shape index (κ1) is 26.8. The molecule has 198 valence electrons. The van der Waals surface area contributed by atoms with Crippen LogP contribution in [0.2, 0.25) is 0 Å². The van der Waals surface area contributed by atoms with Crippen molar-refractivity contribution in [3.63, 3.8) is 0 Å². The maximum absolute atomic E-state index is 13.6. The number of rotatable bonds is 5. The van der Waals surface area contributed by atoms with E-state index in [9.17, 15) is 39.6 Å². The van der Waals surface area contributed by atoms with Crippen molar-refractivity contribution in [1.82, 2.24) is 4.90 Å². The number of hydrogen-bond donors (Lipinski definition) is 6. The molecule has 0 radical (unpaired) electrons. The number of halogens is 1. The van der Waals surface area contributed by atoms with Crippen molar-refractivity contribution in [3.8, 4) is 5.75 Å². The van der Waals surface area contributed by atoms with Gasteiger partial charge in [-0.2, -0.15) is 0 Å². The fraction of sp³-hybridized carbons (Fsp3) is 0.440. The quantitative estimate of drug-likeness (QED) is 0.170. The lowest BCUT2D eigenvalue weighted by Crippen LogP contribution is -2.63. The molecule has 0 aromatic heterocycles. The number of carbonyl (C=O) groups excluding carboxylic acids is 4. The molecule has 11 nitrogen and oxygen atoms in total. The highest BCUT2D eigenvalue weighted by atomic mass is 79.9. The van der Waals surface area contributed by atoms with Gasteiger partial charge in [0.15, 0.2) is 17.1 Å². The van der Waals surface area contributed by atoms with Crippen LogP contribution in [0.1, 0.15) is 35.7 Å². The molecule has 1 aromatic carbocycles. The highest BCUT2D eigenvalue weighted by Gasteiger charge is 2.63. The fourth-order valence-corrected chi connectivity index (χ4v) is 5.84. The number of primary amides is 1. The van der Waals surface area contributed by atoms with E-state index in [1.165, 1.54) is 11.0 Å². The molecule has 12 heteroatoms. The normalized spacial score (nSPS) is 28.0. The zero-order valence-corrected chi connectivity index (χ0v) is 22.0. The van der Waals surface area contributed by atoms with Crippen LogP contribution in [0, 0.1) is 11.8 Å². The Hall–Kier alpha value is -3.22. The molecule has 37 heavy (non-hydrogen) atoms. The summed E-state index contributed by atoms with van der Waals surface area (Å²) in [6.45, 7) is 1.79. The molecule has 4 rings (SSSR count). The van der Waals surface area contributed by atoms with Crippen LogP contribution in [0.15, 0.2) is 34.8 Å². The van der Waals surface area contributed by atoms with Crippen LogP contribution in [-0.4, -0.2) is 79.3 Å². The van der Waals surface area contributed by atoms with Gasteiger partial charge in [-0.3, -0.25) is 24.1 Å². The van der Waals surface area contributed by atoms with E-state index in [0.717, 1.165) is 0 Å². The van der Waals surface area contributed by atoms with Gasteiger partial charge in [0.05, 0.1) is 22.1 Å². The molecule has 3 aliphatic rings. The Morgan fingerprint density at radius 3 is 2.46 bits per heavy atom. The minimum Gasteiger partial charge on any atom is -0.510 e. The summed E-state index contributed by atoms with van der Waals surface area (Å²) in [7, 11) is 3.13. The van der Waals surface area contributed by atoms with Crippen molar-refractivity contribution >= 4 is 45.0 Å². The van der Waals surface area contributed by atoms with E-state index < -0.39 is 74.5 Å². The van der Waals surface area contributed by atoms with E-state index in [1.54, 1.807) is 27.1 Å². The number of likely N-dealkylation sites (N-methyl/N-ethyl adjacent to an activating group) is 1. The van der Waals surface area contributed by atoms with Crippen molar-refractivity contribution in [2.24, 2.45) is 17.6 Å². The minimum absolute atomic E-state index is 0.00672. The van der Waals surface area contributed by atoms with E-state index in [4.69, 9.17) is 5.73 Å². The summed E-state index contributed by atoms with van der Waals surface area (Å²) < 4.78 is 0. The number of nitrogens with two attached hydrogens (primary N) is 1. The molecule has 5 atom stereocenters. The molecule has 0 aliphatic heterocycles. The van der Waals surface area contributed by atoms with E-state index >= 15 is 0 Å². The Morgan fingerprint density at radius 1 is 1.24 bits per heavy atom. The van der Waals surface area contributed by atoms with Gasteiger partial charge in [0.2, 0.25) is 11.7 Å². The van der Waals surface area contributed by atoms with Crippen LogP contribution < -0.4 is 11.1 Å². The summed E-state index contributed by atoms with van der Waals surface area (Å²) >= 11 is 3.22. The Balaban J connectivity index is 1.86. The third-order valence-corrected chi connectivity index (χ3v) is 8.56. The number of benzene rings is 1. The molecule has 0 saturated carbocycles. The lowest BCUT2D eigenvalue weighted by atomic mass is 9.58. The predicted octanol–water partition coefficient (Wildman–Crippen LogP) is 1.23. The highest BCUT2D eigenvalue weighted by Crippen LogP contribution is 2.52. The number of carbonyl (C=O) groups is 4. The summed E-state index contributed by atoms with van der Waals surface area (Å²) in [5, 5.41) is 47.1. The number of phenolic OH excluding ortho intramolecular Hbond substituents is 1. The number of amides is 2. The molecular weight excluding hydrogens is 550 g/mol. The first-order chi connectivity index (χ1) is 17.3. The van der Waals surface area contributed by atoms with Crippen molar-refractivity contribution in [2.45, 2.75) is 42.7 Å². The number of nitrogens with zero attached hydrogens (tertiary/aromatic N) is 1. The molecule has 0 fully saturated rings. The molecule has 7 N–H and O–H groups in total. The summed E-state index contributed by atoms with van der Waals surface area (Å²) in [4.78, 5) is 52.2. The molecule has 1 aromatic rings. The summed E-state index contributed by atoms with van der Waals surface area (Å²) in [6, 6.07) is 2.01. The van der Waals surface area contributed by atoms with Crippen molar-refractivity contribution in [3.05, 3.63) is 45.9 Å². The Kier molecular flexibility index (Phi) is 6.72. The molecule has 3 aliphatic carbocycles. The first-order valence-corrected chi connectivity index (χ1v) is 12.6. The van der Waals surface area contributed by atoms with Gasteiger partial charge in [-0.15, -0.1) is 0 Å². The SMILES string of the molecule is CCC(Br)C(=O)Nc1ccc2c(c1O)C(=O)C1=C(O)[C@]3(O)C(=O)C(C(N)=O)=C(O)[C@@H](N(C)C)C3CC1C2. The second kappa shape index (κ2) is 9.26. The number of aromatic hydroxyl groups is 1. The summed E-state index contributed by atoms with van der Waals surface area (Å²) in [6.07, 6.45) is 0.664. The van der Waals surface area contributed by atoms with Crippen LogP contribution in [0.5, 0.6) is 5.75 Å². The van der Waals surface area contributed by atoms with Gasteiger partial charge in [-0.25, -0.2) is 0 Å². The number of aliphatic hydroxyl groups excluding tert-OH is 2. The molecule has 0 heterocycles. The smallest absolute Gasteiger partial charge is 0.255 e. The zero-order chi connectivity index (χ0) is 27.6. The number of ketones is 2. The van der Waals surface area contributed by atoms with Gasteiger partial charge < -0.3 is 31.5 Å². The van der Waals surface area contributed by atoms with Crippen LogP contribution in [0.3, 0.4) is 0 Å². The standard InChI is InChI=1S/C25H28BrN3O8/c1-4-12(26)24(36)28-13-6-5-9-7-10-8-11-17(29(2)3)20(32)16(23(27)35)22(34)25(11,37)21(33)15(10)19(31)14(9)18(13)30/h5-6,10-12,17,30,32-33,37H,4,7-8H2,1-3H3,(H2,27,35)(H,28,36)/t10?,11?,12?,17-,25-/m0/s1. The average molecular weight is 578 g/mol. The minimum atomic E-state index is -2.70. The largest absolute Gasteiger partial charge is 0.510 e. The Bertz CT molecular complexity index is 1300. The van der Waals surface area contributed by atoms with Gasteiger partial charge in [0, 0.05) is 11.5 Å². The number of hydrogen-bond acceptors (Lipinski definition) is 9. The third kappa shape index (κ3) is 3.85. The number of nitrogens with one attached hydrogen (secondary N) is 1. The number of anilines is 1. The van der Waals surface area contributed by atoms with Crippen molar-refractivity contribution in [1.29, 1.82) is 0 Å². The van der Waals surface area contributed by atoms with Crippen LogP contribution in [0.4, 0.5) is 5.69 Å². The van der Waals surface area contributed by atoms with Gasteiger partial charge in [0.25, 0.3) is 5.91 Å². The lowest BCUT2D eigenvalue weighted by molar-refractivity contribution is -0.148. The molecule has 0 bridgehead atoms. The van der Waals surface area contributed by atoms with E-state index in [0.29, 0.717) is 12.0 Å². The van der Waals surface area contributed by atoms with Gasteiger partial charge in [0.1, 0.15) is 17.1 Å². The molecular formula is C25H28BrN3O8. The number of alkyl halides is 1. The predicted molar refractivity (Wildman–Crippen MR) is 135 cm³/mol. The Morgan fingerprint density at radius 2 is 1.89 bits per heavy atom. The van der Waals surface area contributed by atoms with Crippen LogP contribution >= 0.6 is 15.9 Å². The molecule has 0 saturated heterocycles. The van der Waals surface area contributed by atoms with Crippen LogP contribution in [-0.2, 0) is 20.8 Å². The first-order valence-electron chi connectivity index (χ1n) is 11.7. The molecule has 0 spiro atoms. The van der Waals surface area contributed by atoms with Crippen molar-refractivity contribution < 1.29 is 39.6 Å². The average Bonchev–Trinajstić information content (AvgIpc) is 2.82. The highest BCUT2D eigenvalue weighted by molar-refractivity contribution is 9.10. The zero-order valence-electron chi connectivity index (χ0n) is 20.4. The number of phenols is 1. The van der Waals surface area contributed by atoms with E-state index in [-0.39, 0.29) is 29.7 Å². The van der Waals surface area contributed by atoms with Gasteiger partial charge in [-0.1, -0.05) is 28.9 Å².